The van der Waals surface area contributed by atoms with E-state index in [0.717, 1.165) is 0 Å². The van der Waals surface area contributed by atoms with Gasteiger partial charge in [0.1, 0.15) is 10.6 Å². The number of aryl methyl sites for hydroxylation is 1. The van der Waals surface area contributed by atoms with Crippen LogP contribution in [-0.4, -0.2) is 18.4 Å². The third kappa shape index (κ3) is 4.61. The lowest BCUT2D eigenvalue weighted by molar-refractivity contribution is 0.459. The summed E-state index contributed by atoms with van der Waals surface area (Å²) in [6.07, 6.45) is 2.92. The number of aromatic nitrogens is 2. The van der Waals surface area contributed by atoms with E-state index in [1.807, 2.05) is 0 Å². The number of hydrogen-bond acceptors (Lipinski definition) is 5. The minimum Gasteiger partial charge on any atom is -0.435 e. The van der Waals surface area contributed by atoms with Crippen molar-refractivity contribution >= 4 is 62.1 Å². The highest BCUT2D eigenvalue weighted by Crippen LogP contribution is 2.36. The van der Waals surface area contributed by atoms with Crippen molar-refractivity contribution in [2.45, 2.75) is 11.8 Å². The van der Waals surface area contributed by atoms with Crippen LogP contribution in [0.1, 0.15) is 5.69 Å². The number of rotatable bonds is 5. The molecular formula is C17H11Cl4N3O3S. The lowest BCUT2D eigenvalue weighted by Gasteiger charge is -2.15. The Balaban J connectivity index is 2.03. The maximum Gasteiger partial charge on any atom is 0.265 e. The van der Waals surface area contributed by atoms with E-state index < -0.39 is 10.0 Å². The van der Waals surface area contributed by atoms with Gasteiger partial charge in [-0.3, -0.25) is 9.71 Å². The second kappa shape index (κ2) is 8.31. The number of anilines is 1. The Labute approximate surface area is 181 Å². The maximum atomic E-state index is 12.9. The van der Waals surface area contributed by atoms with Crippen LogP contribution in [0.3, 0.4) is 0 Å². The summed E-state index contributed by atoms with van der Waals surface area (Å²) in [7, 11) is -4.20. The van der Waals surface area contributed by atoms with Crippen LogP contribution in [0.4, 0.5) is 5.69 Å². The summed E-state index contributed by atoms with van der Waals surface area (Å²) in [5, 5.41) is 0.131. The molecule has 2 heterocycles. The lowest BCUT2D eigenvalue weighted by Crippen LogP contribution is -2.15. The molecule has 0 unspecified atom stereocenters. The standard InChI is InChI=1S/C17H11Cl4N3O3S/c1-9-15(3-2-4-22-9)27-17-14(7-11(19)8-23-17)24-28(25,26)16-12(20)5-10(18)6-13(16)21/h2-8,24H,1H3. The Bertz CT molecular complexity index is 1130. The number of benzene rings is 1. The fraction of sp³-hybridized carbons (Fsp3) is 0.0588. The average Bonchev–Trinajstić information content (AvgIpc) is 2.57. The maximum absolute atomic E-state index is 12.9. The molecule has 1 aromatic carbocycles. The molecule has 0 saturated carbocycles. The van der Waals surface area contributed by atoms with Gasteiger partial charge in [-0.1, -0.05) is 46.4 Å². The van der Waals surface area contributed by atoms with Crippen molar-refractivity contribution < 1.29 is 13.2 Å². The van der Waals surface area contributed by atoms with Crippen LogP contribution >= 0.6 is 46.4 Å². The van der Waals surface area contributed by atoms with Gasteiger partial charge < -0.3 is 4.74 Å². The molecule has 0 spiro atoms. The molecule has 0 amide bonds. The van der Waals surface area contributed by atoms with E-state index in [-0.39, 0.29) is 36.6 Å². The molecule has 6 nitrogen and oxygen atoms in total. The summed E-state index contributed by atoms with van der Waals surface area (Å²) in [6, 6.07) is 7.25. The molecule has 0 aliphatic rings. The van der Waals surface area contributed by atoms with E-state index in [0.29, 0.717) is 11.4 Å². The molecule has 3 aromatic rings. The predicted octanol–water partition coefficient (Wildman–Crippen LogP) is 5.99. The first kappa shape index (κ1) is 21.0. The van der Waals surface area contributed by atoms with Crippen molar-refractivity contribution in [3.05, 3.63) is 68.5 Å². The zero-order valence-electron chi connectivity index (χ0n) is 14.1. The minimum absolute atomic E-state index is 0.00200. The van der Waals surface area contributed by atoms with Crippen molar-refractivity contribution in [1.29, 1.82) is 0 Å². The highest BCUT2D eigenvalue weighted by atomic mass is 35.5. The van der Waals surface area contributed by atoms with E-state index in [1.54, 1.807) is 25.3 Å². The van der Waals surface area contributed by atoms with Crippen molar-refractivity contribution in [1.82, 2.24) is 9.97 Å². The van der Waals surface area contributed by atoms with Gasteiger partial charge >= 0.3 is 0 Å². The SMILES string of the molecule is Cc1ncccc1Oc1ncc(Cl)cc1NS(=O)(=O)c1c(Cl)cc(Cl)cc1Cl. The van der Waals surface area contributed by atoms with Crippen molar-refractivity contribution in [3.63, 3.8) is 0 Å². The molecule has 28 heavy (non-hydrogen) atoms. The summed E-state index contributed by atoms with van der Waals surface area (Å²) in [6.45, 7) is 1.74. The topological polar surface area (TPSA) is 81.2 Å². The Hall–Kier alpha value is -1.77. The average molecular weight is 479 g/mol. The van der Waals surface area contributed by atoms with Gasteiger partial charge in [0.05, 0.1) is 20.8 Å². The number of sulfonamides is 1. The molecule has 1 N–H and O–H groups in total. The lowest BCUT2D eigenvalue weighted by atomic mass is 10.3. The minimum atomic E-state index is -4.20. The number of ether oxygens (including phenoxy) is 1. The Morgan fingerprint density at radius 3 is 2.32 bits per heavy atom. The second-order valence-electron chi connectivity index (χ2n) is 5.50. The monoisotopic (exact) mass is 477 g/mol. The van der Waals surface area contributed by atoms with Gasteiger partial charge in [0.25, 0.3) is 10.0 Å². The van der Waals surface area contributed by atoms with Crippen molar-refractivity contribution in [2.75, 3.05) is 4.72 Å². The number of halogens is 4. The largest absolute Gasteiger partial charge is 0.435 e. The summed E-state index contributed by atoms with van der Waals surface area (Å²) in [5.41, 5.74) is 0.592. The summed E-state index contributed by atoms with van der Waals surface area (Å²) >= 11 is 23.9. The van der Waals surface area contributed by atoms with Crippen LogP contribution in [0.15, 0.2) is 47.6 Å². The first-order valence-corrected chi connectivity index (χ1v) is 10.6. The third-order valence-electron chi connectivity index (χ3n) is 3.46. The van der Waals surface area contributed by atoms with Gasteiger partial charge in [-0.25, -0.2) is 13.4 Å². The van der Waals surface area contributed by atoms with E-state index in [9.17, 15) is 8.42 Å². The van der Waals surface area contributed by atoms with E-state index in [4.69, 9.17) is 51.1 Å². The molecule has 0 aliphatic carbocycles. The van der Waals surface area contributed by atoms with Gasteiger partial charge in [0.15, 0.2) is 5.75 Å². The summed E-state index contributed by atoms with van der Waals surface area (Å²) < 4.78 is 33.8. The molecule has 11 heteroatoms. The fourth-order valence-electron chi connectivity index (χ4n) is 2.24. The van der Waals surface area contributed by atoms with E-state index in [2.05, 4.69) is 14.7 Å². The fourth-order valence-corrected chi connectivity index (χ4v) is 5.00. The van der Waals surface area contributed by atoms with Crippen LogP contribution in [0.2, 0.25) is 20.1 Å². The molecular weight excluding hydrogens is 468 g/mol. The van der Waals surface area contributed by atoms with Gasteiger partial charge in [-0.2, -0.15) is 0 Å². The molecule has 3 rings (SSSR count). The van der Waals surface area contributed by atoms with Crippen molar-refractivity contribution in [3.8, 4) is 11.6 Å². The molecule has 0 saturated heterocycles. The highest BCUT2D eigenvalue weighted by Gasteiger charge is 2.25. The molecule has 0 atom stereocenters. The molecule has 0 radical (unpaired) electrons. The quantitative estimate of drug-likeness (QED) is 0.486. The highest BCUT2D eigenvalue weighted by molar-refractivity contribution is 7.93. The molecule has 0 fully saturated rings. The zero-order valence-corrected chi connectivity index (χ0v) is 17.9. The molecule has 2 aromatic heterocycles. The van der Waals surface area contributed by atoms with Gasteiger partial charge in [0.2, 0.25) is 5.88 Å². The second-order valence-corrected chi connectivity index (χ2v) is 8.81. The van der Waals surface area contributed by atoms with Crippen molar-refractivity contribution in [2.24, 2.45) is 0 Å². The van der Waals surface area contributed by atoms with E-state index >= 15 is 0 Å². The Morgan fingerprint density at radius 2 is 1.68 bits per heavy atom. The number of nitrogens with one attached hydrogen (secondary N) is 1. The third-order valence-corrected chi connectivity index (χ3v) is 6.17. The Kier molecular flexibility index (Phi) is 6.21. The number of nitrogens with zero attached hydrogens (tertiary/aromatic N) is 2. The van der Waals surface area contributed by atoms with Crippen LogP contribution in [0, 0.1) is 6.92 Å². The summed E-state index contributed by atoms with van der Waals surface area (Å²) in [4.78, 5) is 7.84. The Morgan fingerprint density at radius 1 is 1.00 bits per heavy atom. The summed E-state index contributed by atoms with van der Waals surface area (Å²) in [5.74, 6) is 0.380. The molecule has 0 aliphatic heterocycles. The van der Waals surface area contributed by atoms with Gasteiger partial charge in [-0.05, 0) is 37.3 Å². The first-order valence-electron chi connectivity index (χ1n) is 7.60. The van der Waals surface area contributed by atoms with Gasteiger partial charge in [0, 0.05) is 17.4 Å². The number of hydrogen-bond donors (Lipinski definition) is 1. The molecule has 0 bridgehead atoms. The normalized spacial score (nSPS) is 11.3. The van der Waals surface area contributed by atoms with Crippen LogP contribution in [0.5, 0.6) is 11.6 Å². The van der Waals surface area contributed by atoms with Crippen LogP contribution < -0.4 is 9.46 Å². The molecule has 146 valence electrons. The first-order chi connectivity index (χ1) is 13.2. The van der Waals surface area contributed by atoms with Crippen LogP contribution in [0.25, 0.3) is 0 Å². The van der Waals surface area contributed by atoms with Crippen LogP contribution in [-0.2, 0) is 10.0 Å². The van der Waals surface area contributed by atoms with Gasteiger partial charge in [-0.15, -0.1) is 0 Å². The zero-order chi connectivity index (χ0) is 20.5. The predicted molar refractivity (Wildman–Crippen MR) is 111 cm³/mol. The number of pyridine rings is 2. The smallest absolute Gasteiger partial charge is 0.265 e. The van der Waals surface area contributed by atoms with E-state index in [1.165, 1.54) is 24.4 Å².